The minimum atomic E-state index is -2.96. The Kier molecular flexibility index (Phi) is 5.49. The number of sulfone groups is 1. The third-order valence-corrected chi connectivity index (χ3v) is 7.23. The fourth-order valence-electron chi connectivity index (χ4n) is 3.78. The Labute approximate surface area is 176 Å². The molecular weight excluding hydrogens is 404 g/mol. The van der Waals surface area contributed by atoms with Gasteiger partial charge in [-0.15, -0.1) is 0 Å². The van der Waals surface area contributed by atoms with Crippen LogP contribution in [0.5, 0.6) is 0 Å². The molecule has 2 aromatic rings. The summed E-state index contributed by atoms with van der Waals surface area (Å²) in [7, 11) is -1.05. The quantitative estimate of drug-likeness (QED) is 0.786. The summed E-state index contributed by atoms with van der Waals surface area (Å²) in [4.78, 5) is 13.2. The van der Waals surface area contributed by atoms with E-state index in [0.717, 1.165) is 22.8 Å². The van der Waals surface area contributed by atoms with Crippen molar-refractivity contribution < 1.29 is 13.2 Å². The molecule has 0 bridgehead atoms. The summed E-state index contributed by atoms with van der Waals surface area (Å²) in [5, 5.41) is 12.3. The van der Waals surface area contributed by atoms with Gasteiger partial charge in [0.25, 0.3) is 0 Å². The van der Waals surface area contributed by atoms with Gasteiger partial charge < -0.3 is 19.9 Å². The molecule has 0 amide bonds. The SMILES string of the molecule is Cc1cc(C#N)ccc1Nc1ncc2c(n1)N(C1CCS(=O)(=O)CC1)COCN2C. The van der Waals surface area contributed by atoms with Crippen LogP contribution in [0.1, 0.15) is 24.0 Å². The molecule has 1 aromatic heterocycles. The Morgan fingerprint density at radius 2 is 2.03 bits per heavy atom. The van der Waals surface area contributed by atoms with Gasteiger partial charge in [0.15, 0.2) is 5.82 Å². The van der Waals surface area contributed by atoms with Crippen LogP contribution in [0.15, 0.2) is 24.4 Å². The molecule has 0 spiro atoms. The molecule has 158 valence electrons. The lowest BCUT2D eigenvalue weighted by Crippen LogP contribution is -2.42. The molecule has 10 heteroatoms. The van der Waals surface area contributed by atoms with Crippen LogP contribution in [0.4, 0.5) is 23.1 Å². The molecule has 1 fully saturated rings. The minimum absolute atomic E-state index is 0.0400. The molecule has 0 atom stereocenters. The normalized spacial score (nSPS) is 19.0. The van der Waals surface area contributed by atoms with Crippen molar-refractivity contribution in [1.82, 2.24) is 9.97 Å². The van der Waals surface area contributed by atoms with E-state index in [-0.39, 0.29) is 17.5 Å². The Morgan fingerprint density at radius 3 is 2.73 bits per heavy atom. The predicted octanol–water partition coefficient (Wildman–Crippen LogP) is 2.17. The van der Waals surface area contributed by atoms with Gasteiger partial charge in [0.2, 0.25) is 5.95 Å². The van der Waals surface area contributed by atoms with Crippen LogP contribution < -0.4 is 15.1 Å². The molecule has 2 aliphatic heterocycles. The summed E-state index contributed by atoms with van der Waals surface area (Å²) in [6, 6.07) is 7.56. The summed E-state index contributed by atoms with van der Waals surface area (Å²) >= 11 is 0. The van der Waals surface area contributed by atoms with Gasteiger partial charge in [-0.3, -0.25) is 0 Å². The van der Waals surface area contributed by atoms with Crippen LogP contribution in [0.25, 0.3) is 0 Å². The Morgan fingerprint density at radius 1 is 1.27 bits per heavy atom. The lowest BCUT2D eigenvalue weighted by Gasteiger charge is -2.34. The van der Waals surface area contributed by atoms with Crippen LogP contribution >= 0.6 is 0 Å². The molecule has 3 heterocycles. The van der Waals surface area contributed by atoms with Crippen LogP contribution in [-0.2, 0) is 14.6 Å². The maximum absolute atomic E-state index is 11.9. The first-order chi connectivity index (χ1) is 14.4. The number of anilines is 4. The molecule has 2 aliphatic rings. The number of aromatic nitrogens is 2. The summed E-state index contributed by atoms with van der Waals surface area (Å²) in [5.74, 6) is 1.52. The van der Waals surface area contributed by atoms with Crippen LogP contribution in [0.2, 0.25) is 0 Å². The lowest BCUT2D eigenvalue weighted by atomic mass is 10.1. The number of nitrogens with zero attached hydrogens (tertiary/aromatic N) is 5. The number of hydrogen-bond acceptors (Lipinski definition) is 9. The Hall–Kier alpha value is -2.90. The van der Waals surface area contributed by atoms with Crippen LogP contribution in [0, 0.1) is 18.3 Å². The average Bonchev–Trinajstić information content (AvgIpc) is 2.88. The molecule has 4 rings (SSSR count). The molecule has 9 nitrogen and oxygen atoms in total. The van der Waals surface area contributed by atoms with Gasteiger partial charge in [-0.2, -0.15) is 10.2 Å². The Bertz CT molecular complexity index is 1080. The maximum Gasteiger partial charge on any atom is 0.229 e. The second-order valence-electron chi connectivity index (χ2n) is 7.68. The highest BCUT2D eigenvalue weighted by atomic mass is 32.2. The molecule has 0 radical (unpaired) electrons. The van der Waals surface area contributed by atoms with Crippen molar-refractivity contribution in [2.75, 3.05) is 47.1 Å². The standard InChI is InChI=1S/C20H24N6O3S/c1-14-9-15(10-21)3-4-17(14)23-20-22-11-18-19(24-20)26(13-29-12-25(18)2)16-5-7-30(27,28)8-6-16/h3-4,9,11,16H,5-8,12-13H2,1-2H3,(H,22,23,24). The number of ether oxygens (including phenoxy) is 1. The number of nitrogens with one attached hydrogen (secondary N) is 1. The molecule has 1 N–H and O–H groups in total. The highest BCUT2D eigenvalue weighted by Gasteiger charge is 2.32. The van der Waals surface area contributed by atoms with Gasteiger partial charge in [0, 0.05) is 18.8 Å². The van der Waals surface area contributed by atoms with E-state index >= 15 is 0 Å². The summed E-state index contributed by atoms with van der Waals surface area (Å²) < 4.78 is 29.5. The molecular formula is C20H24N6O3S. The first-order valence-corrected chi connectivity index (χ1v) is 11.6. The van der Waals surface area contributed by atoms with E-state index in [1.807, 2.05) is 35.9 Å². The van der Waals surface area contributed by atoms with Gasteiger partial charge in [0.05, 0.1) is 29.3 Å². The van der Waals surface area contributed by atoms with Crippen molar-refractivity contribution >= 4 is 33.0 Å². The summed E-state index contributed by atoms with van der Waals surface area (Å²) in [5.41, 5.74) is 3.17. The second kappa shape index (κ2) is 8.08. The smallest absolute Gasteiger partial charge is 0.229 e. The highest BCUT2D eigenvalue weighted by molar-refractivity contribution is 7.91. The zero-order valence-corrected chi connectivity index (χ0v) is 17.8. The zero-order valence-electron chi connectivity index (χ0n) is 17.0. The number of rotatable bonds is 3. The molecule has 0 unspecified atom stereocenters. The monoisotopic (exact) mass is 428 g/mol. The average molecular weight is 429 g/mol. The van der Waals surface area contributed by atoms with E-state index in [0.29, 0.717) is 37.8 Å². The minimum Gasteiger partial charge on any atom is -0.347 e. The molecule has 1 aromatic carbocycles. The predicted molar refractivity (Wildman–Crippen MR) is 115 cm³/mol. The second-order valence-corrected chi connectivity index (χ2v) is 9.99. The molecule has 0 saturated carbocycles. The van der Waals surface area contributed by atoms with E-state index in [1.165, 1.54) is 0 Å². The van der Waals surface area contributed by atoms with Crippen molar-refractivity contribution in [2.24, 2.45) is 0 Å². The third-order valence-electron chi connectivity index (χ3n) is 5.52. The number of benzene rings is 1. The third kappa shape index (κ3) is 4.17. The number of fused-ring (bicyclic) bond motifs is 1. The van der Waals surface area contributed by atoms with E-state index in [2.05, 4.69) is 16.4 Å². The Balaban J connectivity index is 1.65. The maximum atomic E-state index is 11.9. The van der Waals surface area contributed by atoms with Gasteiger partial charge >= 0.3 is 0 Å². The van der Waals surface area contributed by atoms with E-state index in [9.17, 15) is 8.42 Å². The summed E-state index contributed by atoms with van der Waals surface area (Å²) in [6.07, 6.45) is 2.86. The fourth-order valence-corrected chi connectivity index (χ4v) is 5.24. The van der Waals surface area contributed by atoms with Gasteiger partial charge in [-0.25, -0.2) is 13.4 Å². The molecule has 1 saturated heterocycles. The van der Waals surface area contributed by atoms with Crippen LogP contribution in [0.3, 0.4) is 0 Å². The van der Waals surface area contributed by atoms with Crippen molar-refractivity contribution in [2.45, 2.75) is 25.8 Å². The lowest BCUT2D eigenvalue weighted by molar-refractivity contribution is 0.135. The van der Waals surface area contributed by atoms with Crippen molar-refractivity contribution in [1.29, 1.82) is 5.26 Å². The van der Waals surface area contributed by atoms with Crippen molar-refractivity contribution in [3.63, 3.8) is 0 Å². The summed E-state index contributed by atoms with van der Waals surface area (Å²) in [6.45, 7) is 2.66. The van der Waals surface area contributed by atoms with E-state index < -0.39 is 9.84 Å². The van der Waals surface area contributed by atoms with Crippen LogP contribution in [-0.4, -0.2) is 56.4 Å². The first-order valence-electron chi connectivity index (χ1n) is 9.77. The topological polar surface area (TPSA) is 111 Å². The first kappa shape index (κ1) is 20.4. The van der Waals surface area contributed by atoms with Gasteiger partial charge in [-0.05, 0) is 43.5 Å². The number of hydrogen-bond donors (Lipinski definition) is 1. The number of nitriles is 1. The van der Waals surface area contributed by atoms with Crippen molar-refractivity contribution in [3.05, 3.63) is 35.5 Å². The van der Waals surface area contributed by atoms with E-state index in [4.69, 9.17) is 15.0 Å². The van der Waals surface area contributed by atoms with Crippen molar-refractivity contribution in [3.8, 4) is 6.07 Å². The fraction of sp³-hybridized carbons (Fsp3) is 0.450. The largest absolute Gasteiger partial charge is 0.347 e. The van der Waals surface area contributed by atoms with Gasteiger partial charge in [-0.1, -0.05) is 0 Å². The van der Waals surface area contributed by atoms with E-state index in [1.54, 1.807) is 12.3 Å². The highest BCUT2D eigenvalue weighted by Crippen LogP contribution is 2.34. The number of aryl methyl sites for hydroxylation is 1. The molecule has 0 aliphatic carbocycles. The molecule has 30 heavy (non-hydrogen) atoms. The van der Waals surface area contributed by atoms with Gasteiger partial charge in [0.1, 0.15) is 29.0 Å². The zero-order chi connectivity index (χ0) is 21.3.